The molecule has 0 N–H and O–H groups in total. The summed E-state index contributed by atoms with van der Waals surface area (Å²) in [5.41, 5.74) is 14.0. The topological polar surface area (TPSA) is 19.7 Å². The molecule has 12 aromatic carbocycles. The first kappa shape index (κ1) is 43.5. The summed E-state index contributed by atoms with van der Waals surface area (Å²) >= 11 is 0. The number of hydrogen-bond acceptors (Lipinski definition) is 0. The second-order valence-electron chi connectivity index (χ2n) is 20.4. The fourth-order valence-corrected chi connectivity index (χ4v) is 18.1. The standard InChI is InChI=1S/C72H48N4Si/c1-4-22-53(23-5-1)77(54-24-6-2-7-25-54,55-26-8-3-9-27-55)56-28-20-21-49(45-56)73-69-38-19-14-33-61(69)62-46-50(39-42-70(62)73)76-71-43-40-51(74-65-34-15-10-29-57(65)58-30-11-16-35-66(58)74)47-63(71)64-48-52(41-44-72(64)76)75-67-36-17-12-31-59(67)60-32-13-18-37-68(60)75/h1-48H. The Morgan fingerprint density at radius 2 is 0.416 bits per heavy atom. The highest BCUT2D eigenvalue weighted by Gasteiger charge is 2.41. The van der Waals surface area contributed by atoms with Gasteiger partial charge >= 0.3 is 0 Å². The monoisotopic (exact) mass is 996 g/mol. The van der Waals surface area contributed by atoms with Crippen molar-refractivity contribution in [2.45, 2.75) is 0 Å². The second-order valence-corrected chi connectivity index (χ2v) is 24.2. The normalized spacial score (nSPS) is 12.2. The Labute approximate surface area is 445 Å². The molecule has 0 atom stereocenters. The van der Waals surface area contributed by atoms with Crippen LogP contribution in [0.1, 0.15) is 0 Å². The smallest absolute Gasteiger partial charge is 0.179 e. The lowest BCUT2D eigenvalue weighted by atomic mass is 10.1. The molecule has 0 aliphatic carbocycles. The number of para-hydroxylation sites is 5. The molecule has 4 nitrogen and oxygen atoms in total. The molecule has 0 saturated heterocycles. The van der Waals surface area contributed by atoms with E-state index in [0.29, 0.717) is 0 Å². The lowest BCUT2D eigenvalue weighted by molar-refractivity contribution is 1.16. The van der Waals surface area contributed by atoms with Crippen molar-refractivity contribution in [2.75, 3.05) is 0 Å². The van der Waals surface area contributed by atoms with Gasteiger partial charge in [-0.1, -0.05) is 194 Å². The highest BCUT2D eigenvalue weighted by molar-refractivity contribution is 7.19. The van der Waals surface area contributed by atoms with E-state index in [2.05, 4.69) is 309 Å². The minimum absolute atomic E-state index is 1.12. The average Bonchev–Trinajstić information content (AvgIpc) is 4.23. The maximum absolute atomic E-state index is 2.79. The van der Waals surface area contributed by atoms with Gasteiger partial charge in [0.15, 0.2) is 8.07 Å². The quantitative estimate of drug-likeness (QED) is 0.107. The molecule has 16 aromatic rings. The molecular weight excluding hydrogens is 949 g/mol. The van der Waals surface area contributed by atoms with Gasteiger partial charge < -0.3 is 18.3 Å². The van der Waals surface area contributed by atoms with E-state index < -0.39 is 8.07 Å². The van der Waals surface area contributed by atoms with Crippen molar-refractivity contribution >= 4 is 116 Å². The number of benzene rings is 12. The Hall–Kier alpha value is -9.94. The molecular formula is C72H48N4Si. The molecule has 5 heteroatoms. The van der Waals surface area contributed by atoms with E-state index in [1.807, 2.05) is 0 Å². The van der Waals surface area contributed by atoms with E-state index in [1.165, 1.54) is 96.9 Å². The third kappa shape index (κ3) is 6.38. The first-order valence-corrected chi connectivity index (χ1v) is 28.6. The molecule has 77 heavy (non-hydrogen) atoms. The van der Waals surface area contributed by atoms with Gasteiger partial charge in [-0.15, -0.1) is 0 Å². The van der Waals surface area contributed by atoms with Gasteiger partial charge in [-0.25, -0.2) is 0 Å². The fraction of sp³-hybridized carbons (Fsp3) is 0. The highest BCUT2D eigenvalue weighted by atomic mass is 28.3. The van der Waals surface area contributed by atoms with Crippen LogP contribution in [-0.4, -0.2) is 26.3 Å². The number of hydrogen-bond donors (Lipinski definition) is 0. The average molecular weight is 997 g/mol. The molecule has 4 heterocycles. The van der Waals surface area contributed by atoms with Crippen LogP contribution < -0.4 is 20.7 Å². The van der Waals surface area contributed by atoms with Crippen molar-refractivity contribution < 1.29 is 0 Å². The highest BCUT2D eigenvalue weighted by Crippen LogP contribution is 2.41. The van der Waals surface area contributed by atoms with Gasteiger partial charge in [-0.2, -0.15) is 0 Å². The van der Waals surface area contributed by atoms with Crippen LogP contribution >= 0.6 is 0 Å². The van der Waals surface area contributed by atoms with Gasteiger partial charge in [0.2, 0.25) is 0 Å². The van der Waals surface area contributed by atoms with E-state index in [-0.39, 0.29) is 0 Å². The lowest BCUT2D eigenvalue weighted by Gasteiger charge is -2.34. The van der Waals surface area contributed by atoms with Crippen molar-refractivity contribution in [1.29, 1.82) is 0 Å². The molecule has 0 bridgehead atoms. The van der Waals surface area contributed by atoms with Gasteiger partial charge in [-0.3, -0.25) is 0 Å². The zero-order chi connectivity index (χ0) is 50.6. The van der Waals surface area contributed by atoms with E-state index in [9.17, 15) is 0 Å². The van der Waals surface area contributed by atoms with E-state index in [1.54, 1.807) is 0 Å². The van der Waals surface area contributed by atoms with Crippen molar-refractivity contribution in [1.82, 2.24) is 18.3 Å². The van der Waals surface area contributed by atoms with Crippen LogP contribution in [0.3, 0.4) is 0 Å². The lowest BCUT2D eigenvalue weighted by Crippen LogP contribution is -2.74. The van der Waals surface area contributed by atoms with Gasteiger partial charge in [0.1, 0.15) is 0 Å². The van der Waals surface area contributed by atoms with Crippen LogP contribution in [-0.2, 0) is 0 Å². The van der Waals surface area contributed by atoms with Gasteiger partial charge in [0, 0.05) is 65.8 Å². The van der Waals surface area contributed by atoms with Gasteiger partial charge in [0.25, 0.3) is 0 Å². The van der Waals surface area contributed by atoms with Crippen LogP contribution in [0.4, 0.5) is 0 Å². The minimum atomic E-state index is -2.79. The van der Waals surface area contributed by atoms with Crippen LogP contribution in [0.2, 0.25) is 0 Å². The zero-order valence-corrected chi connectivity index (χ0v) is 43.0. The minimum Gasteiger partial charge on any atom is -0.309 e. The maximum Gasteiger partial charge on any atom is 0.179 e. The number of aromatic nitrogens is 4. The van der Waals surface area contributed by atoms with E-state index in [4.69, 9.17) is 0 Å². The Morgan fingerprint density at radius 1 is 0.169 bits per heavy atom. The van der Waals surface area contributed by atoms with E-state index >= 15 is 0 Å². The summed E-state index contributed by atoms with van der Waals surface area (Å²) in [6.45, 7) is 0. The summed E-state index contributed by atoms with van der Waals surface area (Å²) < 4.78 is 9.85. The number of fused-ring (bicyclic) bond motifs is 12. The van der Waals surface area contributed by atoms with Crippen molar-refractivity contribution in [2.24, 2.45) is 0 Å². The van der Waals surface area contributed by atoms with Gasteiger partial charge in [0.05, 0.1) is 44.1 Å². The second kappa shape index (κ2) is 17.0. The molecule has 0 spiro atoms. The molecule has 4 aromatic heterocycles. The molecule has 0 saturated carbocycles. The molecule has 0 radical (unpaired) electrons. The number of nitrogens with zero attached hydrogens (tertiary/aromatic N) is 4. The Morgan fingerprint density at radius 3 is 0.753 bits per heavy atom. The molecule has 0 aliphatic heterocycles. The maximum atomic E-state index is 2.49. The third-order valence-electron chi connectivity index (χ3n) is 16.5. The summed E-state index contributed by atoms with van der Waals surface area (Å²) in [6.07, 6.45) is 0. The fourth-order valence-electron chi connectivity index (χ4n) is 13.3. The van der Waals surface area contributed by atoms with Crippen molar-refractivity contribution in [3.05, 3.63) is 291 Å². The summed E-state index contributed by atoms with van der Waals surface area (Å²) in [7, 11) is -2.79. The molecule has 0 aliphatic rings. The molecule has 0 fully saturated rings. The predicted octanol–water partition coefficient (Wildman–Crippen LogP) is 15.5. The van der Waals surface area contributed by atoms with Crippen LogP contribution in [0.25, 0.3) is 110 Å². The largest absolute Gasteiger partial charge is 0.309 e. The number of rotatable bonds is 8. The summed E-state index contributed by atoms with van der Waals surface area (Å²) in [5.74, 6) is 0. The zero-order valence-electron chi connectivity index (χ0n) is 42.0. The Kier molecular flexibility index (Phi) is 9.62. The van der Waals surface area contributed by atoms with Crippen LogP contribution in [0.5, 0.6) is 0 Å². The molecule has 16 rings (SSSR count). The Bertz CT molecular complexity index is 4610. The van der Waals surface area contributed by atoms with Gasteiger partial charge in [-0.05, 0) is 118 Å². The Balaban J connectivity index is 0.926. The van der Waals surface area contributed by atoms with Crippen LogP contribution in [0.15, 0.2) is 291 Å². The first-order chi connectivity index (χ1) is 38.2. The van der Waals surface area contributed by atoms with Crippen molar-refractivity contribution in [3.8, 4) is 22.7 Å². The SMILES string of the molecule is c1ccc([Si](c2ccccc2)(c2ccccc2)c2cccc(-n3c4ccccc4c4cc(-n5c6ccc(-n7c8ccccc8c8ccccc87)cc6c6cc(-n7c8ccccc8c8ccccc87)ccc65)ccc43)c2)cc1. The van der Waals surface area contributed by atoms with Crippen molar-refractivity contribution in [3.63, 3.8) is 0 Å². The first-order valence-electron chi connectivity index (χ1n) is 26.6. The molecule has 0 amide bonds. The molecule has 360 valence electrons. The third-order valence-corrected chi connectivity index (χ3v) is 21.3. The summed E-state index contributed by atoms with van der Waals surface area (Å²) in [4.78, 5) is 0. The van der Waals surface area contributed by atoms with Crippen LogP contribution in [0, 0.1) is 0 Å². The predicted molar refractivity (Wildman–Crippen MR) is 327 cm³/mol. The van der Waals surface area contributed by atoms with E-state index in [0.717, 1.165) is 33.8 Å². The summed E-state index contributed by atoms with van der Waals surface area (Å²) in [6, 6.07) is 108. The summed E-state index contributed by atoms with van der Waals surface area (Å²) in [5, 5.41) is 15.3. The molecule has 0 unspecified atom stereocenters.